The monoisotopic (exact) mass is 283 g/mol. The minimum atomic E-state index is -0.804. The lowest BCUT2D eigenvalue weighted by Gasteiger charge is -2.20. The van der Waals surface area contributed by atoms with Crippen LogP contribution in [0.3, 0.4) is 0 Å². The topological polar surface area (TPSA) is 12.0 Å². The second kappa shape index (κ2) is 6.05. The van der Waals surface area contributed by atoms with Crippen LogP contribution in [0.25, 0.3) is 0 Å². The highest BCUT2D eigenvalue weighted by Gasteiger charge is 2.21. The van der Waals surface area contributed by atoms with E-state index in [1.807, 2.05) is 0 Å². The first kappa shape index (κ1) is 14.5. The van der Waals surface area contributed by atoms with Crippen molar-refractivity contribution in [2.75, 3.05) is 6.54 Å². The van der Waals surface area contributed by atoms with Gasteiger partial charge in [-0.25, -0.2) is 17.6 Å². The zero-order valence-corrected chi connectivity index (χ0v) is 10.8. The van der Waals surface area contributed by atoms with Crippen molar-refractivity contribution in [3.63, 3.8) is 0 Å². The summed E-state index contributed by atoms with van der Waals surface area (Å²) in [7, 11) is 0. The standard InChI is InChI=1S/C15H13F4N/c1-2-20-15(11-5-3-9(16)7-13(11)18)12-6-4-10(17)8-14(12)19/h3-8,15,20H,2H2,1H3. The highest BCUT2D eigenvalue weighted by Crippen LogP contribution is 2.27. The van der Waals surface area contributed by atoms with E-state index in [4.69, 9.17) is 0 Å². The van der Waals surface area contributed by atoms with E-state index >= 15 is 0 Å². The fourth-order valence-electron chi connectivity index (χ4n) is 2.06. The van der Waals surface area contributed by atoms with Gasteiger partial charge < -0.3 is 5.32 Å². The smallest absolute Gasteiger partial charge is 0.131 e. The summed E-state index contributed by atoms with van der Waals surface area (Å²) in [5, 5.41) is 2.91. The summed E-state index contributed by atoms with van der Waals surface area (Å²) in [5.74, 6) is -2.97. The summed E-state index contributed by atoms with van der Waals surface area (Å²) in [5.41, 5.74) is 0.220. The van der Waals surface area contributed by atoms with Crippen molar-refractivity contribution < 1.29 is 17.6 Å². The number of hydrogen-bond acceptors (Lipinski definition) is 1. The second-order valence-electron chi connectivity index (χ2n) is 4.32. The zero-order valence-electron chi connectivity index (χ0n) is 10.8. The summed E-state index contributed by atoms with van der Waals surface area (Å²) >= 11 is 0. The van der Waals surface area contributed by atoms with Crippen LogP contribution in [-0.4, -0.2) is 6.54 Å². The van der Waals surface area contributed by atoms with Crippen molar-refractivity contribution in [1.29, 1.82) is 0 Å². The van der Waals surface area contributed by atoms with E-state index in [-0.39, 0.29) is 11.1 Å². The third kappa shape index (κ3) is 2.99. The summed E-state index contributed by atoms with van der Waals surface area (Å²) in [6.45, 7) is 2.22. The van der Waals surface area contributed by atoms with E-state index < -0.39 is 29.3 Å². The van der Waals surface area contributed by atoms with Crippen LogP contribution < -0.4 is 5.32 Å². The van der Waals surface area contributed by atoms with Gasteiger partial charge in [-0.05, 0) is 18.7 Å². The van der Waals surface area contributed by atoms with Gasteiger partial charge in [0.2, 0.25) is 0 Å². The van der Waals surface area contributed by atoms with E-state index in [1.165, 1.54) is 12.1 Å². The summed E-state index contributed by atoms with van der Waals surface area (Å²) < 4.78 is 53.6. The van der Waals surface area contributed by atoms with Crippen molar-refractivity contribution in [3.8, 4) is 0 Å². The summed E-state index contributed by atoms with van der Waals surface area (Å²) in [6, 6.07) is 5.37. The van der Waals surface area contributed by atoms with Gasteiger partial charge in [0, 0.05) is 23.3 Å². The van der Waals surface area contributed by atoms with Gasteiger partial charge in [-0.3, -0.25) is 0 Å². The molecule has 0 spiro atoms. The molecule has 0 aliphatic heterocycles. The van der Waals surface area contributed by atoms with E-state index in [0.29, 0.717) is 6.54 Å². The molecule has 0 saturated carbocycles. The molecule has 106 valence electrons. The van der Waals surface area contributed by atoms with Gasteiger partial charge in [-0.2, -0.15) is 0 Å². The summed E-state index contributed by atoms with van der Waals surface area (Å²) in [6.07, 6.45) is 0. The molecule has 1 nitrogen and oxygen atoms in total. The van der Waals surface area contributed by atoms with Crippen LogP contribution >= 0.6 is 0 Å². The molecular formula is C15H13F4N. The maximum Gasteiger partial charge on any atom is 0.131 e. The SMILES string of the molecule is CCNC(c1ccc(F)cc1F)c1ccc(F)cc1F. The molecule has 2 rings (SSSR count). The Balaban J connectivity index is 2.50. The number of nitrogens with one attached hydrogen (secondary N) is 1. The van der Waals surface area contributed by atoms with E-state index in [0.717, 1.165) is 24.3 Å². The molecule has 0 aromatic heterocycles. The minimum Gasteiger partial charge on any atom is -0.306 e. The Hall–Kier alpha value is -1.88. The Morgan fingerprint density at radius 1 is 0.850 bits per heavy atom. The Kier molecular flexibility index (Phi) is 4.39. The van der Waals surface area contributed by atoms with Gasteiger partial charge in [-0.15, -0.1) is 0 Å². The first-order valence-corrected chi connectivity index (χ1v) is 6.16. The second-order valence-corrected chi connectivity index (χ2v) is 4.32. The molecule has 0 aliphatic carbocycles. The molecule has 1 N–H and O–H groups in total. The van der Waals surface area contributed by atoms with Crippen LogP contribution in [-0.2, 0) is 0 Å². The molecule has 2 aromatic carbocycles. The van der Waals surface area contributed by atoms with Gasteiger partial charge in [0.15, 0.2) is 0 Å². The third-order valence-electron chi connectivity index (χ3n) is 2.96. The lowest BCUT2D eigenvalue weighted by molar-refractivity contribution is 0.515. The van der Waals surface area contributed by atoms with Crippen molar-refractivity contribution in [1.82, 2.24) is 5.32 Å². The number of benzene rings is 2. The predicted octanol–water partition coefficient (Wildman–Crippen LogP) is 3.94. The molecule has 0 aliphatic rings. The summed E-state index contributed by atoms with van der Waals surface area (Å²) in [4.78, 5) is 0. The molecule has 0 amide bonds. The molecule has 20 heavy (non-hydrogen) atoms. The number of rotatable bonds is 4. The predicted molar refractivity (Wildman–Crippen MR) is 68.2 cm³/mol. The van der Waals surface area contributed by atoms with E-state index in [2.05, 4.69) is 5.32 Å². The van der Waals surface area contributed by atoms with Crippen molar-refractivity contribution in [3.05, 3.63) is 70.8 Å². The molecule has 5 heteroatoms. The lowest BCUT2D eigenvalue weighted by atomic mass is 9.97. The molecule has 0 heterocycles. The van der Waals surface area contributed by atoms with Crippen LogP contribution in [0.5, 0.6) is 0 Å². The largest absolute Gasteiger partial charge is 0.306 e. The fraction of sp³-hybridized carbons (Fsp3) is 0.200. The Labute approximate surface area is 114 Å². The number of hydrogen-bond donors (Lipinski definition) is 1. The number of halogens is 4. The fourth-order valence-corrected chi connectivity index (χ4v) is 2.06. The van der Waals surface area contributed by atoms with E-state index in [9.17, 15) is 17.6 Å². The van der Waals surface area contributed by atoms with Crippen LogP contribution in [0, 0.1) is 23.3 Å². The van der Waals surface area contributed by atoms with Gasteiger partial charge in [0.25, 0.3) is 0 Å². The minimum absolute atomic E-state index is 0.110. The molecule has 0 unspecified atom stereocenters. The molecule has 0 atom stereocenters. The van der Waals surface area contributed by atoms with E-state index in [1.54, 1.807) is 6.92 Å². The first-order chi connectivity index (χ1) is 9.52. The first-order valence-electron chi connectivity index (χ1n) is 6.16. The normalized spacial score (nSPS) is 11.1. The molecular weight excluding hydrogens is 270 g/mol. The van der Waals surface area contributed by atoms with Gasteiger partial charge >= 0.3 is 0 Å². The highest BCUT2D eigenvalue weighted by atomic mass is 19.1. The molecule has 0 bridgehead atoms. The van der Waals surface area contributed by atoms with Crippen LogP contribution in [0.2, 0.25) is 0 Å². The Morgan fingerprint density at radius 3 is 1.65 bits per heavy atom. The Bertz CT molecular complexity index is 561. The molecule has 0 saturated heterocycles. The van der Waals surface area contributed by atoms with Gasteiger partial charge in [0.05, 0.1) is 6.04 Å². The highest BCUT2D eigenvalue weighted by molar-refractivity contribution is 5.34. The van der Waals surface area contributed by atoms with Crippen LogP contribution in [0.1, 0.15) is 24.1 Å². The van der Waals surface area contributed by atoms with Crippen molar-refractivity contribution in [2.45, 2.75) is 13.0 Å². The maximum atomic E-state index is 13.8. The quantitative estimate of drug-likeness (QED) is 0.838. The zero-order chi connectivity index (χ0) is 14.7. The maximum absolute atomic E-state index is 13.8. The average Bonchev–Trinajstić information content (AvgIpc) is 2.37. The van der Waals surface area contributed by atoms with Crippen LogP contribution in [0.4, 0.5) is 17.6 Å². The van der Waals surface area contributed by atoms with Crippen LogP contribution in [0.15, 0.2) is 36.4 Å². The average molecular weight is 283 g/mol. The van der Waals surface area contributed by atoms with Crippen molar-refractivity contribution >= 4 is 0 Å². The van der Waals surface area contributed by atoms with Gasteiger partial charge in [-0.1, -0.05) is 19.1 Å². The molecule has 0 fully saturated rings. The van der Waals surface area contributed by atoms with Crippen molar-refractivity contribution in [2.24, 2.45) is 0 Å². The Morgan fingerprint density at radius 2 is 1.30 bits per heavy atom. The lowest BCUT2D eigenvalue weighted by Crippen LogP contribution is -2.24. The third-order valence-corrected chi connectivity index (χ3v) is 2.96. The van der Waals surface area contributed by atoms with Gasteiger partial charge in [0.1, 0.15) is 23.3 Å². The molecule has 0 radical (unpaired) electrons. The molecule has 2 aromatic rings.